The van der Waals surface area contributed by atoms with E-state index < -0.39 is 0 Å². The second-order valence-corrected chi connectivity index (χ2v) is 5.68. The van der Waals surface area contributed by atoms with Gasteiger partial charge in [0.05, 0.1) is 6.61 Å². The Hall–Kier alpha value is -2.50. The highest BCUT2D eigenvalue weighted by Gasteiger charge is 2.25. The number of carbonyl (C=O) groups is 2. The van der Waals surface area contributed by atoms with Gasteiger partial charge in [0.1, 0.15) is 0 Å². The first-order chi connectivity index (χ1) is 11.2. The Morgan fingerprint density at radius 2 is 2.09 bits per heavy atom. The van der Waals surface area contributed by atoms with Gasteiger partial charge < -0.3 is 19.9 Å². The van der Waals surface area contributed by atoms with Crippen LogP contribution in [-0.2, 0) is 4.74 Å². The molecule has 1 aromatic heterocycles. The summed E-state index contributed by atoms with van der Waals surface area (Å²) in [4.78, 5) is 29.0. The number of nitrogens with one attached hydrogen (secondary N) is 2. The van der Waals surface area contributed by atoms with Crippen LogP contribution < -0.4 is 5.32 Å². The fourth-order valence-corrected chi connectivity index (χ4v) is 2.97. The minimum absolute atomic E-state index is 0.0650. The summed E-state index contributed by atoms with van der Waals surface area (Å²) in [6.07, 6.45) is 3.05. The molecule has 6 nitrogen and oxygen atoms in total. The van der Waals surface area contributed by atoms with Crippen molar-refractivity contribution in [2.75, 3.05) is 19.7 Å². The molecule has 122 valence electrons. The minimum Gasteiger partial charge on any atom is -0.450 e. The van der Waals surface area contributed by atoms with Crippen molar-refractivity contribution in [2.24, 2.45) is 0 Å². The molecule has 0 radical (unpaired) electrons. The van der Waals surface area contributed by atoms with E-state index in [-0.39, 0.29) is 18.0 Å². The third-order valence-electron chi connectivity index (χ3n) is 4.20. The molecule has 0 aliphatic carbocycles. The van der Waals surface area contributed by atoms with Gasteiger partial charge in [0.25, 0.3) is 5.91 Å². The Kier molecular flexibility index (Phi) is 4.50. The second kappa shape index (κ2) is 6.73. The monoisotopic (exact) mass is 315 g/mol. The van der Waals surface area contributed by atoms with Crippen LogP contribution >= 0.6 is 0 Å². The lowest BCUT2D eigenvalue weighted by Crippen LogP contribution is -2.46. The molecule has 0 unspecified atom stereocenters. The van der Waals surface area contributed by atoms with Gasteiger partial charge in [-0.2, -0.15) is 0 Å². The standard InChI is InChI=1S/C17H21N3O3/c1-2-23-17(22)20-10-7-12(8-11-20)19-16(21)14-4-3-5-15-13(14)6-9-18-15/h3-6,9,12,18H,2,7-8,10-11H2,1H3,(H,19,21). The number of nitrogens with zero attached hydrogens (tertiary/aromatic N) is 1. The lowest BCUT2D eigenvalue weighted by Gasteiger charge is -2.31. The average Bonchev–Trinajstić information content (AvgIpc) is 3.04. The molecule has 0 spiro atoms. The van der Waals surface area contributed by atoms with E-state index in [0.717, 1.165) is 23.7 Å². The molecule has 3 rings (SSSR count). The molecule has 2 heterocycles. The van der Waals surface area contributed by atoms with Crippen LogP contribution in [0, 0.1) is 0 Å². The van der Waals surface area contributed by atoms with E-state index in [1.807, 2.05) is 30.5 Å². The molecular weight excluding hydrogens is 294 g/mol. The van der Waals surface area contributed by atoms with Crippen LogP contribution in [0.5, 0.6) is 0 Å². The molecule has 2 N–H and O–H groups in total. The zero-order chi connectivity index (χ0) is 16.2. The maximum absolute atomic E-state index is 12.5. The van der Waals surface area contributed by atoms with Crippen molar-refractivity contribution < 1.29 is 14.3 Å². The lowest BCUT2D eigenvalue weighted by atomic mass is 10.0. The van der Waals surface area contributed by atoms with Crippen molar-refractivity contribution in [1.29, 1.82) is 0 Å². The number of ether oxygens (including phenoxy) is 1. The van der Waals surface area contributed by atoms with E-state index in [0.29, 0.717) is 25.3 Å². The first kappa shape index (κ1) is 15.4. The third kappa shape index (κ3) is 3.31. The molecule has 1 aromatic carbocycles. The van der Waals surface area contributed by atoms with Crippen LogP contribution in [0.3, 0.4) is 0 Å². The Balaban J connectivity index is 1.59. The van der Waals surface area contributed by atoms with Gasteiger partial charge in [0.15, 0.2) is 0 Å². The van der Waals surface area contributed by atoms with E-state index in [1.165, 1.54) is 0 Å². The number of hydrogen-bond donors (Lipinski definition) is 2. The molecular formula is C17H21N3O3. The summed E-state index contributed by atoms with van der Waals surface area (Å²) in [6.45, 7) is 3.40. The average molecular weight is 315 g/mol. The van der Waals surface area contributed by atoms with Crippen molar-refractivity contribution in [3.63, 3.8) is 0 Å². The van der Waals surface area contributed by atoms with Crippen LogP contribution in [-0.4, -0.2) is 47.6 Å². The maximum Gasteiger partial charge on any atom is 0.409 e. The number of piperidine rings is 1. The zero-order valence-corrected chi connectivity index (χ0v) is 13.2. The highest BCUT2D eigenvalue weighted by atomic mass is 16.6. The van der Waals surface area contributed by atoms with Crippen LogP contribution in [0.4, 0.5) is 4.79 Å². The molecule has 0 saturated carbocycles. The second-order valence-electron chi connectivity index (χ2n) is 5.68. The van der Waals surface area contributed by atoms with E-state index >= 15 is 0 Å². The zero-order valence-electron chi connectivity index (χ0n) is 13.2. The molecule has 2 aromatic rings. The minimum atomic E-state index is -0.269. The summed E-state index contributed by atoms with van der Waals surface area (Å²) >= 11 is 0. The molecule has 0 atom stereocenters. The Morgan fingerprint density at radius 1 is 1.30 bits per heavy atom. The van der Waals surface area contributed by atoms with Gasteiger partial charge in [-0.15, -0.1) is 0 Å². The van der Waals surface area contributed by atoms with Gasteiger partial charge in [-0.05, 0) is 38.0 Å². The van der Waals surface area contributed by atoms with E-state index in [1.54, 1.807) is 11.8 Å². The fraction of sp³-hybridized carbons (Fsp3) is 0.412. The first-order valence-corrected chi connectivity index (χ1v) is 7.97. The number of likely N-dealkylation sites (tertiary alicyclic amines) is 1. The Labute approximate surface area is 134 Å². The largest absolute Gasteiger partial charge is 0.450 e. The summed E-state index contributed by atoms with van der Waals surface area (Å²) < 4.78 is 5.00. The van der Waals surface area contributed by atoms with E-state index in [4.69, 9.17) is 4.74 Å². The fourth-order valence-electron chi connectivity index (χ4n) is 2.97. The smallest absolute Gasteiger partial charge is 0.409 e. The predicted molar refractivity (Wildman–Crippen MR) is 87.4 cm³/mol. The number of aromatic nitrogens is 1. The maximum atomic E-state index is 12.5. The third-order valence-corrected chi connectivity index (χ3v) is 4.20. The summed E-state index contributed by atoms with van der Waals surface area (Å²) in [7, 11) is 0. The van der Waals surface area contributed by atoms with Crippen LogP contribution in [0.15, 0.2) is 30.5 Å². The van der Waals surface area contributed by atoms with Crippen molar-refractivity contribution >= 4 is 22.9 Å². The van der Waals surface area contributed by atoms with Gasteiger partial charge in [-0.1, -0.05) is 6.07 Å². The van der Waals surface area contributed by atoms with Crippen LogP contribution in [0.25, 0.3) is 10.9 Å². The molecule has 1 saturated heterocycles. The number of amides is 2. The van der Waals surface area contributed by atoms with Gasteiger partial charge in [0.2, 0.25) is 0 Å². The molecule has 1 aliphatic rings. The molecule has 6 heteroatoms. The summed E-state index contributed by atoms with van der Waals surface area (Å²) in [6, 6.07) is 7.65. The van der Waals surface area contributed by atoms with E-state index in [2.05, 4.69) is 10.3 Å². The summed E-state index contributed by atoms with van der Waals surface area (Å²) in [5, 5.41) is 4.00. The molecule has 1 aliphatic heterocycles. The Morgan fingerprint density at radius 3 is 2.83 bits per heavy atom. The molecule has 2 amide bonds. The normalized spacial score (nSPS) is 15.6. The first-order valence-electron chi connectivity index (χ1n) is 7.97. The van der Waals surface area contributed by atoms with Crippen molar-refractivity contribution in [3.8, 4) is 0 Å². The number of benzene rings is 1. The van der Waals surface area contributed by atoms with Gasteiger partial charge in [-0.25, -0.2) is 4.79 Å². The summed E-state index contributed by atoms with van der Waals surface area (Å²) in [5.74, 6) is -0.0650. The number of hydrogen-bond acceptors (Lipinski definition) is 3. The topological polar surface area (TPSA) is 74.4 Å². The number of fused-ring (bicyclic) bond motifs is 1. The van der Waals surface area contributed by atoms with Gasteiger partial charge >= 0.3 is 6.09 Å². The number of aromatic amines is 1. The quantitative estimate of drug-likeness (QED) is 0.914. The lowest BCUT2D eigenvalue weighted by molar-refractivity contribution is 0.0861. The van der Waals surface area contributed by atoms with Gasteiger partial charge in [-0.3, -0.25) is 4.79 Å². The number of carbonyl (C=O) groups excluding carboxylic acids is 2. The van der Waals surface area contributed by atoms with E-state index in [9.17, 15) is 9.59 Å². The van der Waals surface area contributed by atoms with Crippen LogP contribution in [0.2, 0.25) is 0 Å². The highest BCUT2D eigenvalue weighted by molar-refractivity contribution is 6.06. The number of H-pyrrole nitrogens is 1. The predicted octanol–water partition coefficient (Wildman–Crippen LogP) is 2.52. The van der Waals surface area contributed by atoms with Crippen molar-refractivity contribution in [3.05, 3.63) is 36.0 Å². The molecule has 23 heavy (non-hydrogen) atoms. The van der Waals surface area contributed by atoms with Crippen LogP contribution in [0.1, 0.15) is 30.1 Å². The van der Waals surface area contributed by atoms with Crippen molar-refractivity contribution in [2.45, 2.75) is 25.8 Å². The van der Waals surface area contributed by atoms with Crippen molar-refractivity contribution in [1.82, 2.24) is 15.2 Å². The number of rotatable bonds is 3. The van der Waals surface area contributed by atoms with Gasteiger partial charge in [0, 0.05) is 41.8 Å². The summed E-state index contributed by atoms with van der Waals surface area (Å²) in [5.41, 5.74) is 1.63. The highest BCUT2D eigenvalue weighted by Crippen LogP contribution is 2.18. The Bertz CT molecular complexity index is 702. The molecule has 0 bridgehead atoms. The molecule has 1 fully saturated rings. The SMILES string of the molecule is CCOC(=O)N1CCC(NC(=O)c2cccc3[nH]ccc23)CC1.